The fraction of sp³-hybridized carbons (Fsp3) is 0.174. The SMILES string of the molecule is CCOc1ccc(-c2c(C#N)c3n(c(=S)c2C#N)CN(c2ccc(Br)cc2)CN3)cc1. The third kappa shape index (κ3) is 3.88. The molecule has 0 spiro atoms. The molecule has 2 heterocycles. The quantitative estimate of drug-likeness (QED) is 0.476. The number of anilines is 2. The highest BCUT2D eigenvalue weighted by Gasteiger charge is 2.25. The minimum atomic E-state index is 0.318. The maximum absolute atomic E-state index is 10.0. The molecule has 1 aliphatic heterocycles. The highest BCUT2D eigenvalue weighted by Crippen LogP contribution is 2.36. The molecule has 2 aromatic carbocycles. The van der Waals surface area contributed by atoms with E-state index in [2.05, 4.69) is 38.3 Å². The molecule has 154 valence electrons. The molecule has 0 atom stereocenters. The maximum Gasteiger partial charge on any atom is 0.128 e. The number of aromatic nitrogens is 1. The van der Waals surface area contributed by atoms with E-state index >= 15 is 0 Å². The van der Waals surface area contributed by atoms with E-state index in [4.69, 9.17) is 17.0 Å². The zero-order valence-electron chi connectivity index (χ0n) is 16.7. The van der Waals surface area contributed by atoms with E-state index in [0.717, 1.165) is 21.5 Å². The van der Waals surface area contributed by atoms with Crippen LogP contribution < -0.4 is 15.0 Å². The number of rotatable bonds is 4. The summed E-state index contributed by atoms with van der Waals surface area (Å²) < 4.78 is 8.72. The van der Waals surface area contributed by atoms with Gasteiger partial charge in [0.15, 0.2) is 0 Å². The summed E-state index contributed by atoms with van der Waals surface area (Å²) in [6.45, 7) is 3.44. The Kier molecular flexibility index (Phi) is 5.94. The monoisotopic (exact) mass is 491 g/mol. The summed E-state index contributed by atoms with van der Waals surface area (Å²) in [6, 6.07) is 19.8. The number of fused-ring (bicyclic) bond motifs is 1. The van der Waals surface area contributed by atoms with E-state index < -0.39 is 0 Å². The Morgan fingerprint density at radius 2 is 1.74 bits per heavy atom. The van der Waals surface area contributed by atoms with Crippen LogP contribution >= 0.6 is 28.1 Å². The number of pyridine rings is 1. The molecule has 1 aliphatic rings. The topological polar surface area (TPSA) is 77.0 Å². The number of benzene rings is 2. The van der Waals surface area contributed by atoms with Gasteiger partial charge in [0.1, 0.15) is 33.9 Å². The van der Waals surface area contributed by atoms with Crippen molar-refractivity contribution in [3.63, 3.8) is 0 Å². The molecule has 0 radical (unpaired) electrons. The van der Waals surface area contributed by atoms with Gasteiger partial charge < -0.3 is 15.0 Å². The normalized spacial score (nSPS) is 12.3. The molecular weight excluding hydrogens is 474 g/mol. The van der Waals surface area contributed by atoms with Gasteiger partial charge in [0, 0.05) is 15.7 Å². The van der Waals surface area contributed by atoms with Gasteiger partial charge in [0.2, 0.25) is 0 Å². The number of hydrogen-bond acceptors (Lipinski definition) is 6. The van der Waals surface area contributed by atoms with Crippen LogP contribution in [0.5, 0.6) is 5.75 Å². The number of halogens is 1. The van der Waals surface area contributed by atoms with Crippen molar-refractivity contribution < 1.29 is 4.74 Å². The van der Waals surface area contributed by atoms with E-state index in [1.54, 1.807) is 0 Å². The van der Waals surface area contributed by atoms with Crippen LogP contribution in [0.15, 0.2) is 53.0 Å². The fourth-order valence-corrected chi connectivity index (χ4v) is 4.20. The van der Waals surface area contributed by atoms with Gasteiger partial charge in [-0.25, -0.2) is 0 Å². The Hall–Kier alpha value is -3.33. The van der Waals surface area contributed by atoms with Crippen molar-refractivity contribution in [2.45, 2.75) is 13.6 Å². The second-order valence-corrected chi connectivity index (χ2v) is 8.18. The Morgan fingerprint density at radius 3 is 2.35 bits per heavy atom. The first kappa shape index (κ1) is 20.9. The molecule has 0 aliphatic carbocycles. The highest BCUT2D eigenvalue weighted by molar-refractivity contribution is 9.10. The van der Waals surface area contributed by atoms with Crippen LogP contribution in [0.4, 0.5) is 11.5 Å². The molecule has 0 saturated carbocycles. The van der Waals surface area contributed by atoms with Crippen molar-refractivity contribution in [2.24, 2.45) is 0 Å². The van der Waals surface area contributed by atoms with Gasteiger partial charge in [-0.2, -0.15) is 10.5 Å². The van der Waals surface area contributed by atoms with Crippen molar-refractivity contribution in [1.29, 1.82) is 10.5 Å². The van der Waals surface area contributed by atoms with Crippen LogP contribution in [0, 0.1) is 27.3 Å². The number of ether oxygens (including phenoxy) is 1. The summed E-state index contributed by atoms with van der Waals surface area (Å²) >= 11 is 9.15. The molecule has 3 aromatic rings. The van der Waals surface area contributed by atoms with Crippen molar-refractivity contribution in [3.8, 4) is 29.0 Å². The zero-order valence-corrected chi connectivity index (χ0v) is 19.1. The summed E-state index contributed by atoms with van der Waals surface area (Å²) in [7, 11) is 0. The van der Waals surface area contributed by atoms with E-state index in [0.29, 0.717) is 47.1 Å². The Labute approximate surface area is 194 Å². The number of nitrogens with one attached hydrogen (secondary N) is 1. The van der Waals surface area contributed by atoms with Crippen LogP contribution in [-0.2, 0) is 6.67 Å². The molecule has 0 saturated heterocycles. The smallest absolute Gasteiger partial charge is 0.128 e. The van der Waals surface area contributed by atoms with E-state index in [1.165, 1.54) is 0 Å². The average molecular weight is 492 g/mol. The third-order valence-corrected chi connectivity index (χ3v) is 6.04. The standard InChI is InChI=1S/C23H18BrN5OS/c1-2-30-18-9-3-15(4-10-18)21-19(11-25)22-27-13-28(17-7-5-16(24)6-8-17)14-29(22)23(31)20(21)12-26/h3-10,27H,2,13-14H2,1H3. The molecule has 1 aromatic heterocycles. The van der Waals surface area contributed by atoms with Crippen LogP contribution in [-0.4, -0.2) is 17.8 Å². The van der Waals surface area contributed by atoms with Gasteiger partial charge in [0.25, 0.3) is 0 Å². The Balaban J connectivity index is 1.83. The minimum absolute atomic E-state index is 0.318. The summed E-state index contributed by atoms with van der Waals surface area (Å²) in [5, 5.41) is 23.3. The molecule has 0 amide bonds. The summed E-state index contributed by atoms with van der Waals surface area (Å²) in [5.74, 6) is 1.36. The average Bonchev–Trinajstić information content (AvgIpc) is 2.80. The molecule has 0 unspecified atom stereocenters. The van der Waals surface area contributed by atoms with Crippen LogP contribution in [0.1, 0.15) is 18.1 Å². The number of nitriles is 2. The molecule has 0 bridgehead atoms. The van der Waals surface area contributed by atoms with Crippen LogP contribution in [0.3, 0.4) is 0 Å². The van der Waals surface area contributed by atoms with E-state index in [1.807, 2.05) is 60.0 Å². The summed E-state index contributed by atoms with van der Waals surface area (Å²) in [4.78, 5) is 2.09. The fourth-order valence-electron chi connectivity index (χ4n) is 3.64. The van der Waals surface area contributed by atoms with Gasteiger partial charge in [-0.15, -0.1) is 0 Å². The predicted octanol–water partition coefficient (Wildman–Crippen LogP) is 5.64. The van der Waals surface area contributed by atoms with Gasteiger partial charge in [-0.05, 0) is 48.9 Å². The Bertz CT molecular complexity index is 1270. The van der Waals surface area contributed by atoms with Crippen molar-refractivity contribution in [2.75, 3.05) is 23.5 Å². The lowest BCUT2D eigenvalue weighted by Gasteiger charge is -2.34. The van der Waals surface area contributed by atoms with Crippen molar-refractivity contribution in [3.05, 3.63) is 68.8 Å². The second kappa shape index (κ2) is 8.81. The first-order valence-electron chi connectivity index (χ1n) is 9.66. The zero-order chi connectivity index (χ0) is 22.0. The third-order valence-electron chi connectivity index (χ3n) is 5.08. The summed E-state index contributed by atoms with van der Waals surface area (Å²) in [6.07, 6.45) is 0. The summed E-state index contributed by atoms with van der Waals surface area (Å²) in [5.41, 5.74) is 3.04. The molecule has 31 heavy (non-hydrogen) atoms. The molecular formula is C23H18BrN5OS. The Morgan fingerprint density at radius 1 is 1.06 bits per heavy atom. The van der Waals surface area contributed by atoms with Crippen molar-refractivity contribution >= 4 is 39.7 Å². The molecule has 1 N–H and O–H groups in total. The van der Waals surface area contributed by atoms with Gasteiger partial charge in [0.05, 0.1) is 25.5 Å². The van der Waals surface area contributed by atoms with E-state index in [-0.39, 0.29) is 0 Å². The largest absolute Gasteiger partial charge is 0.494 e. The lowest BCUT2D eigenvalue weighted by molar-refractivity contribution is 0.340. The number of nitrogens with zero attached hydrogens (tertiary/aromatic N) is 4. The number of hydrogen-bond donors (Lipinski definition) is 1. The van der Waals surface area contributed by atoms with Crippen LogP contribution in [0.2, 0.25) is 0 Å². The predicted molar refractivity (Wildman–Crippen MR) is 126 cm³/mol. The lowest BCUT2D eigenvalue weighted by atomic mass is 9.96. The highest BCUT2D eigenvalue weighted by atomic mass is 79.9. The van der Waals surface area contributed by atoms with Gasteiger partial charge in [-0.3, -0.25) is 4.57 Å². The van der Waals surface area contributed by atoms with Gasteiger partial charge >= 0.3 is 0 Å². The first-order valence-corrected chi connectivity index (χ1v) is 10.9. The molecule has 6 nitrogen and oxygen atoms in total. The maximum atomic E-state index is 10.0. The second-order valence-electron chi connectivity index (χ2n) is 6.88. The molecule has 0 fully saturated rings. The minimum Gasteiger partial charge on any atom is -0.494 e. The van der Waals surface area contributed by atoms with Crippen molar-refractivity contribution in [1.82, 2.24) is 4.57 Å². The van der Waals surface area contributed by atoms with Crippen LogP contribution in [0.25, 0.3) is 11.1 Å². The molecule has 4 rings (SSSR count). The van der Waals surface area contributed by atoms with Gasteiger partial charge in [-0.1, -0.05) is 40.3 Å². The van der Waals surface area contributed by atoms with E-state index in [9.17, 15) is 10.5 Å². The molecule has 8 heteroatoms. The first-order chi connectivity index (χ1) is 15.1. The lowest BCUT2D eigenvalue weighted by Crippen LogP contribution is -2.38.